The quantitative estimate of drug-likeness (QED) is 0.598. The van der Waals surface area contributed by atoms with Crippen molar-refractivity contribution in [1.82, 2.24) is 24.6 Å². The van der Waals surface area contributed by atoms with Crippen LogP contribution in [0.15, 0.2) is 36.7 Å². The van der Waals surface area contributed by atoms with Crippen molar-refractivity contribution in [3.63, 3.8) is 0 Å². The normalized spacial score (nSPS) is 11.2. The van der Waals surface area contributed by atoms with Gasteiger partial charge in [-0.05, 0) is 43.7 Å². The van der Waals surface area contributed by atoms with Gasteiger partial charge in [0, 0.05) is 23.0 Å². The standard InChI is InChI=1S/C18H14F2N6/c1-9-5-11(6-10(2)23-9)15-16(13-4-3-12(19)7-14(13)20)24-18(21)26-8-22-25-17(15)26/h3-8H,1-2H3,(H2,21,24). The van der Waals surface area contributed by atoms with E-state index < -0.39 is 11.6 Å². The molecule has 0 aliphatic carbocycles. The lowest BCUT2D eigenvalue weighted by atomic mass is 9.99. The summed E-state index contributed by atoms with van der Waals surface area (Å²) in [6, 6.07) is 7.02. The van der Waals surface area contributed by atoms with Gasteiger partial charge in [-0.25, -0.2) is 13.8 Å². The molecule has 0 radical (unpaired) electrons. The van der Waals surface area contributed by atoms with Crippen LogP contribution in [0.2, 0.25) is 0 Å². The summed E-state index contributed by atoms with van der Waals surface area (Å²) in [7, 11) is 0. The molecule has 4 rings (SSSR count). The molecule has 0 bridgehead atoms. The van der Waals surface area contributed by atoms with Crippen molar-refractivity contribution in [1.29, 1.82) is 0 Å². The zero-order chi connectivity index (χ0) is 18.4. The Hall–Kier alpha value is -3.42. The van der Waals surface area contributed by atoms with E-state index >= 15 is 0 Å². The molecule has 0 atom stereocenters. The lowest BCUT2D eigenvalue weighted by molar-refractivity contribution is 0.585. The van der Waals surface area contributed by atoms with E-state index in [0.29, 0.717) is 11.2 Å². The molecule has 130 valence electrons. The highest BCUT2D eigenvalue weighted by Crippen LogP contribution is 2.36. The fraction of sp³-hybridized carbons (Fsp3) is 0.111. The summed E-state index contributed by atoms with van der Waals surface area (Å²) in [5.74, 6) is -1.29. The second-order valence-corrected chi connectivity index (χ2v) is 5.98. The monoisotopic (exact) mass is 352 g/mol. The Morgan fingerprint density at radius 1 is 1.00 bits per heavy atom. The van der Waals surface area contributed by atoms with Gasteiger partial charge >= 0.3 is 0 Å². The predicted molar refractivity (Wildman–Crippen MR) is 93.3 cm³/mol. The molecule has 26 heavy (non-hydrogen) atoms. The van der Waals surface area contributed by atoms with Gasteiger partial charge in [-0.3, -0.25) is 9.38 Å². The molecule has 0 fully saturated rings. The van der Waals surface area contributed by atoms with Crippen LogP contribution in [0.1, 0.15) is 11.4 Å². The third-order valence-corrected chi connectivity index (χ3v) is 4.04. The van der Waals surface area contributed by atoms with Crippen LogP contribution in [0.25, 0.3) is 28.0 Å². The van der Waals surface area contributed by atoms with Gasteiger partial charge in [0.1, 0.15) is 18.0 Å². The lowest BCUT2D eigenvalue weighted by Gasteiger charge is -2.13. The molecule has 8 heteroatoms. The van der Waals surface area contributed by atoms with Crippen molar-refractivity contribution < 1.29 is 8.78 Å². The molecule has 0 saturated carbocycles. The molecule has 6 nitrogen and oxygen atoms in total. The molecule has 1 aromatic carbocycles. The third-order valence-electron chi connectivity index (χ3n) is 4.04. The number of nitrogens with two attached hydrogens (primary N) is 1. The van der Waals surface area contributed by atoms with E-state index in [2.05, 4.69) is 20.2 Å². The van der Waals surface area contributed by atoms with Gasteiger partial charge in [-0.1, -0.05) is 0 Å². The van der Waals surface area contributed by atoms with Crippen LogP contribution in [0.4, 0.5) is 14.7 Å². The van der Waals surface area contributed by atoms with Gasteiger partial charge in [0.2, 0.25) is 5.95 Å². The summed E-state index contributed by atoms with van der Waals surface area (Å²) in [5.41, 5.74) is 9.70. The zero-order valence-electron chi connectivity index (χ0n) is 14.0. The topological polar surface area (TPSA) is 82.0 Å². The summed E-state index contributed by atoms with van der Waals surface area (Å²) < 4.78 is 29.3. The van der Waals surface area contributed by atoms with E-state index in [1.54, 1.807) is 0 Å². The van der Waals surface area contributed by atoms with E-state index in [0.717, 1.165) is 23.0 Å². The summed E-state index contributed by atoms with van der Waals surface area (Å²) in [5, 5.41) is 8.01. The number of anilines is 1. The number of pyridine rings is 1. The average Bonchev–Trinajstić information content (AvgIpc) is 3.03. The average molecular weight is 352 g/mol. The summed E-state index contributed by atoms with van der Waals surface area (Å²) in [6.45, 7) is 3.72. The van der Waals surface area contributed by atoms with Crippen LogP contribution in [-0.4, -0.2) is 24.6 Å². The Kier molecular flexibility index (Phi) is 3.61. The maximum Gasteiger partial charge on any atom is 0.207 e. The second-order valence-electron chi connectivity index (χ2n) is 5.98. The second kappa shape index (κ2) is 5.83. The molecule has 0 aliphatic heterocycles. The number of hydrogen-bond acceptors (Lipinski definition) is 5. The van der Waals surface area contributed by atoms with E-state index in [1.165, 1.54) is 22.9 Å². The summed E-state index contributed by atoms with van der Waals surface area (Å²) >= 11 is 0. The molecule has 0 aliphatic rings. The number of benzene rings is 1. The highest BCUT2D eigenvalue weighted by atomic mass is 19.1. The van der Waals surface area contributed by atoms with Crippen molar-refractivity contribution in [3.05, 3.63) is 59.7 Å². The fourth-order valence-electron chi connectivity index (χ4n) is 3.02. The first-order valence-corrected chi connectivity index (χ1v) is 7.84. The van der Waals surface area contributed by atoms with Crippen LogP contribution in [-0.2, 0) is 0 Å². The maximum atomic E-state index is 14.5. The minimum atomic E-state index is -0.732. The van der Waals surface area contributed by atoms with Gasteiger partial charge in [-0.15, -0.1) is 10.2 Å². The van der Waals surface area contributed by atoms with Crippen LogP contribution < -0.4 is 5.73 Å². The lowest BCUT2D eigenvalue weighted by Crippen LogP contribution is -2.05. The first-order chi connectivity index (χ1) is 12.4. The van der Waals surface area contributed by atoms with Gasteiger partial charge in [0.25, 0.3) is 0 Å². The van der Waals surface area contributed by atoms with Crippen molar-refractivity contribution >= 4 is 11.6 Å². The Morgan fingerprint density at radius 3 is 2.42 bits per heavy atom. The molecule has 0 amide bonds. The van der Waals surface area contributed by atoms with E-state index in [9.17, 15) is 8.78 Å². The Morgan fingerprint density at radius 2 is 1.73 bits per heavy atom. The highest BCUT2D eigenvalue weighted by molar-refractivity contribution is 5.90. The number of nitrogen functional groups attached to an aromatic ring is 1. The van der Waals surface area contributed by atoms with Crippen LogP contribution in [0.5, 0.6) is 0 Å². The molecule has 4 aromatic rings. The molecular formula is C18H14F2N6. The number of aryl methyl sites for hydroxylation is 2. The fourth-order valence-corrected chi connectivity index (χ4v) is 3.02. The molecule has 3 aromatic heterocycles. The van der Waals surface area contributed by atoms with Crippen molar-refractivity contribution in [3.8, 4) is 22.4 Å². The molecule has 3 heterocycles. The molecule has 0 saturated heterocycles. The first-order valence-electron chi connectivity index (χ1n) is 7.84. The summed E-state index contributed by atoms with van der Waals surface area (Å²) in [4.78, 5) is 8.71. The number of rotatable bonds is 2. The van der Waals surface area contributed by atoms with Crippen molar-refractivity contribution in [2.24, 2.45) is 0 Å². The third kappa shape index (κ3) is 2.55. The Bertz CT molecular complexity index is 1130. The number of fused-ring (bicyclic) bond motifs is 1. The number of halogens is 2. The highest BCUT2D eigenvalue weighted by Gasteiger charge is 2.21. The van der Waals surface area contributed by atoms with Crippen LogP contribution >= 0.6 is 0 Å². The number of nitrogens with zero attached hydrogens (tertiary/aromatic N) is 5. The Balaban J connectivity index is 2.13. The van der Waals surface area contributed by atoms with Gasteiger partial charge < -0.3 is 5.73 Å². The SMILES string of the molecule is Cc1cc(-c2c(-c3ccc(F)cc3F)nc(N)n3cnnc23)cc(C)n1. The number of hydrogen-bond donors (Lipinski definition) is 1. The largest absolute Gasteiger partial charge is 0.369 e. The van der Waals surface area contributed by atoms with Gasteiger partial charge in [0.05, 0.1) is 11.3 Å². The molecule has 0 unspecified atom stereocenters. The van der Waals surface area contributed by atoms with Crippen LogP contribution in [0, 0.1) is 25.5 Å². The van der Waals surface area contributed by atoms with Crippen LogP contribution in [0.3, 0.4) is 0 Å². The molecular weight excluding hydrogens is 338 g/mol. The van der Waals surface area contributed by atoms with Crippen molar-refractivity contribution in [2.45, 2.75) is 13.8 Å². The van der Waals surface area contributed by atoms with Gasteiger partial charge in [0.15, 0.2) is 5.65 Å². The minimum absolute atomic E-state index is 0.106. The molecule has 2 N–H and O–H groups in total. The predicted octanol–water partition coefficient (Wildman–Crippen LogP) is 3.33. The summed E-state index contributed by atoms with van der Waals surface area (Å²) in [6.07, 6.45) is 1.44. The molecule has 0 spiro atoms. The number of aromatic nitrogens is 5. The van der Waals surface area contributed by atoms with Gasteiger partial charge in [-0.2, -0.15) is 0 Å². The van der Waals surface area contributed by atoms with Crippen molar-refractivity contribution in [2.75, 3.05) is 5.73 Å². The Labute approximate surface area is 147 Å². The minimum Gasteiger partial charge on any atom is -0.369 e. The maximum absolute atomic E-state index is 14.5. The first kappa shape index (κ1) is 16.1. The van der Waals surface area contributed by atoms with E-state index in [4.69, 9.17) is 5.73 Å². The van der Waals surface area contributed by atoms with E-state index in [1.807, 2.05) is 26.0 Å². The zero-order valence-corrected chi connectivity index (χ0v) is 14.0. The van der Waals surface area contributed by atoms with E-state index in [-0.39, 0.29) is 17.2 Å². The smallest absolute Gasteiger partial charge is 0.207 e.